The monoisotopic (exact) mass is 517 g/mol. The van der Waals surface area contributed by atoms with Gasteiger partial charge in [-0.3, -0.25) is 24.0 Å². The van der Waals surface area contributed by atoms with Crippen molar-refractivity contribution in [2.75, 3.05) is 13.1 Å². The Labute approximate surface area is 209 Å². The van der Waals surface area contributed by atoms with E-state index in [9.17, 15) is 33.9 Å². The summed E-state index contributed by atoms with van der Waals surface area (Å²) in [6, 6.07) is -5.23. The van der Waals surface area contributed by atoms with Crippen LogP contribution < -0.4 is 38.9 Å². The van der Waals surface area contributed by atoms with Crippen LogP contribution in [0.1, 0.15) is 57.8 Å². The summed E-state index contributed by atoms with van der Waals surface area (Å²) in [5.41, 5.74) is 21.8. The van der Waals surface area contributed by atoms with E-state index in [4.69, 9.17) is 28.0 Å². The molecule has 0 spiro atoms. The number of carboxylic acid groups (broad SMARTS) is 2. The number of carbonyl (C=O) groups excluding carboxylic acids is 4. The molecule has 4 amide bonds. The van der Waals surface area contributed by atoms with Crippen molar-refractivity contribution < 1.29 is 39.0 Å². The molecule has 15 heteroatoms. The summed E-state index contributed by atoms with van der Waals surface area (Å²) in [6.45, 7) is 0.748. The van der Waals surface area contributed by atoms with E-state index in [1.54, 1.807) is 0 Å². The Morgan fingerprint density at radius 1 is 0.667 bits per heavy atom. The molecule has 0 fully saturated rings. The number of nitrogens with two attached hydrogens (primary N) is 4. The van der Waals surface area contributed by atoms with Gasteiger partial charge in [-0.2, -0.15) is 0 Å². The van der Waals surface area contributed by atoms with Gasteiger partial charge in [0.25, 0.3) is 0 Å². The molecule has 0 aliphatic rings. The Bertz CT molecular complexity index is 765. The number of amides is 4. The fourth-order valence-electron chi connectivity index (χ4n) is 3.16. The third-order valence-corrected chi connectivity index (χ3v) is 5.19. The molecule has 0 aromatic carbocycles. The van der Waals surface area contributed by atoms with Crippen LogP contribution in [-0.2, 0) is 28.8 Å². The summed E-state index contributed by atoms with van der Waals surface area (Å²) in [5, 5.41) is 25.2. The van der Waals surface area contributed by atoms with Crippen LogP contribution in [0.5, 0.6) is 0 Å². The fourth-order valence-corrected chi connectivity index (χ4v) is 3.16. The lowest BCUT2D eigenvalue weighted by Crippen LogP contribution is -2.57. The number of primary amides is 1. The number of nitrogens with one attached hydrogen (secondary N) is 3. The van der Waals surface area contributed by atoms with Crippen LogP contribution in [0.4, 0.5) is 0 Å². The van der Waals surface area contributed by atoms with Crippen molar-refractivity contribution >= 4 is 35.6 Å². The van der Waals surface area contributed by atoms with Gasteiger partial charge < -0.3 is 49.1 Å². The van der Waals surface area contributed by atoms with Crippen LogP contribution in [0.3, 0.4) is 0 Å². The first-order chi connectivity index (χ1) is 16.9. The van der Waals surface area contributed by atoms with E-state index in [0.29, 0.717) is 38.8 Å². The van der Waals surface area contributed by atoms with Crippen molar-refractivity contribution in [2.24, 2.45) is 22.9 Å². The van der Waals surface area contributed by atoms with E-state index in [0.717, 1.165) is 0 Å². The predicted molar refractivity (Wildman–Crippen MR) is 128 cm³/mol. The zero-order chi connectivity index (χ0) is 27.7. The van der Waals surface area contributed by atoms with E-state index in [1.165, 1.54) is 0 Å². The lowest BCUT2D eigenvalue weighted by Gasteiger charge is -2.24. The number of aliphatic carboxylic acids is 2. The molecule has 0 saturated heterocycles. The van der Waals surface area contributed by atoms with Crippen molar-refractivity contribution in [2.45, 2.75) is 82.0 Å². The van der Waals surface area contributed by atoms with Crippen molar-refractivity contribution in [3.63, 3.8) is 0 Å². The smallest absolute Gasteiger partial charge is 0.326 e. The van der Waals surface area contributed by atoms with Gasteiger partial charge in [0, 0.05) is 6.42 Å². The van der Waals surface area contributed by atoms with Crippen molar-refractivity contribution in [1.82, 2.24) is 16.0 Å². The van der Waals surface area contributed by atoms with Gasteiger partial charge in [-0.25, -0.2) is 4.79 Å². The van der Waals surface area contributed by atoms with Gasteiger partial charge in [0.1, 0.15) is 18.1 Å². The molecule has 206 valence electrons. The number of carbonyl (C=O) groups is 6. The van der Waals surface area contributed by atoms with Crippen LogP contribution in [0, 0.1) is 0 Å². The SMILES string of the molecule is NCCCC[C@H](NC(=O)[C@H](CC(N)=O)NC(=O)[C@H](CCC(=O)O)NC(=O)[C@@H](N)CCCCN)C(=O)O. The van der Waals surface area contributed by atoms with E-state index in [2.05, 4.69) is 16.0 Å². The molecular weight excluding hydrogens is 478 g/mol. The first-order valence-electron chi connectivity index (χ1n) is 11.7. The third kappa shape index (κ3) is 14.2. The van der Waals surface area contributed by atoms with Gasteiger partial charge in [0.15, 0.2) is 0 Å². The predicted octanol–water partition coefficient (Wildman–Crippen LogP) is -3.15. The van der Waals surface area contributed by atoms with Crippen LogP contribution in [-0.4, -0.2) is 83.0 Å². The van der Waals surface area contributed by atoms with Gasteiger partial charge in [-0.15, -0.1) is 0 Å². The maximum absolute atomic E-state index is 12.9. The van der Waals surface area contributed by atoms with Crippen LogP contribution in [0.25, 0.3) is 0 Å². The van der Waals surface area contributed by atoms with Crippen molar-refractivity contribution in [3.8, 4) is 0 Å². The summed E-state index contributed by atoms with van der Waals surface area (Å²) in [6.07, 6.45) is 1.00. The molecule has 0 bridgehead atoms. The molecule has 15 nitrogen and oxygen atoms in total. The van der Waals surface area contributed by atoms with Crippen LogP contribution >= 0.6 is 0 Å². The highest BCUT2D eigenvalue weighted by molar-refractivity contribution is 5.96. The Hall–Kier alpha value is -3.30. The Kier molecular flexibility index (Phi) is 16.4. The molecule has 13 N–H and O–H groups in total. The molecule has 0 aromatic heterocycles. The van der Waals surface area contributed by atoms with Gasteiger partial charge in [0.2, 0.25) is 23.6 Å². The van der Waals surface area contributed by atoms with Gasteiger partial charge in [-0.1, -0.05) is 6.42 Å². The summed E-state index contributed by atoms with van der Waals surface area (Å²) >= 11 is 0. The fraction of sp³-hybridized carbons (Fsp3) is 0.714. The first-order valence-corrected chi connectivity index (χ1v) is 11.7. The van der Waals surface area contributed by atoms with Crippen LogP contribution in [0.2, 0.25) is 0 Å². The molecule has 36 heavy (non-hydrogen) atoms. The largest absolute Gasteiger partial charge is 0.481 e. The summed E-state index contributed by atoms with van der Waals surface area (Å²) < 4.78 is 0. The molecule has 0 aliphatic heterocycles. The van der Waals surface area contributed by atoms with Gasteiger partial charge in [-0.05, 0) is 51.6 Å². The second-order valence-corrected chi connectivity index (χ2v) is 8.30. The zero-order valence-electron chi connectivity index (χ0n) is 20.2. The summed E-state index contributed by atoms with van der Waals surface area (Å²) in [7, 11) is 0. The molecule has 0 rings (SSSR count). The lowest BCUT2D eigenvalue weighted by molar-refractivity contribution is -0.142. The van der Waals surface area contributed by atoms with Crippen molar-refractivity contribution in [3.05, 3.63) is 0 Å². The molecule has 0 saturated carbocycles. The van der Waals surface area contributed by atoms with Gasteiger partial charge >= 0.3 is 11.9 Å². The molecule has 0 radical (unpaired) electrons. The summed E-state index contributed by atoms with van der Waals surface area (Å²) in [4.78, 5) is 72.0. The quantitative estimate of drug-likeness (QED) is 0.0726. The average molecular weight is 518 g/mol. The van der Waals surface area contributed by atoms with E-state index in [-0.39, 0.29) is 19.3 Å². The number of carboxylic acids is 2. The van der Waals surface area contributed by atoms with E-state index in [1.807, 2.05) is 0 Å². The topological polar surface area (TPSA) is 283 Å². The summed E-state index contributed by atoms with van der Waals surface area (Å²) in [5.74, 6) is -6.17. The minimum absolute atomic E-state index is 0.0643. The second-order valence-electron chi connectivity index (χ2n) is 8.30. The van der Waals surface area contributed by atoms with Crippen LogP contribution in [0.15, 0.2) is 0 Å². The highest BCUT2D eigenvalue weighted by Crippen LogP contribution is 2.06. The van der Waals surface area contributed by atoms with E-state index < -0.39 is 72.6 Å². The average Bonchev–Trinajstić information content (AvgIpc) is 2.79. The molecule has 0 aliphatic carbocycles. The highest BCUT2D eigenvalue weighted by atomic mass is 16.4. The van der Waals surface area contributed by atoms with E-state index >= 15 is 0 Å². The number of unbranched alkanes of at least 4 members (excludes halogenated alkanes) is 2. The standard InChI is InChI=1S/C21H39N7O8/c22-9-3-1-5-12(24)18(32)26-13(7-8-17(30)31)19(33)28-15(11-16(25)29)20(34)27-14(21(35)36)6-2-4-10-23/h12-15H,1-11,22-24H2,(H2,25,29)(H,26,32)(H,27,34)(H,28,33)(H,30,31)(H,35,36)/t12-,13-,14-,15-/m0/s1. The normalized spacial score (nSPS) is 14.1. The second kappa shape index (κ2) is 18.0. The Balaban J connectivity index is 5.48. The Morgan fingerprint density at radius 2 is 1.17 bits per heavy atom. The third-order valence-electron chi connectivity index (χ3n) is 5.19. The minimum Gasteiger partial charge on any atom is -0.481 e. The molecule has 4 atom stereocenters. The first kappa shape index (κ1) is 32.7. The maximum atomic E-state index is 12.9. The molecule has 0 heterocycles. The highest BCUT2D eigenvalue weighted by Gasteiger charge is 2.31. The molecular formula is C21H39N7O8. The minimum atomic E-state index is -1.56. The lowest BCUT2D eigenvalue weighted by atomic mass is 10.1. The number of rotatable bonds is 20. The number of hydrogen-bond donors (Lipinski definition) is 9. The number of hydrogen-bond acceptors (Lipinski definition) is 9. The van der Waals surface area contributed by atoms with Gasteiger partial charge in [0.05, 0.1) is 12.5 Å². The molecule has 0 unspecified atom stereocenters. The van der Waals surface area contributed by atoms with Crippen molar-refractivity contribution in [1.29, 1.82) is 0 Å². The zero-order valence-corrected chi connectivity index (χ0v) is 20.2. The molecule has 0 aromatic rings. The maximum Gasteiger partial charge on any atom is 0.326 e. The Morgan fingerprint density at radius 3 is 1.67 bits per heavy atom.